The van der Waals surface area contributed by atoms with Crippen LogP contribution in [0.5, 0.6) is 0 Å². The second-order valence-electron chi connectivity index (χ2n) is 6.55. The lowest BCUT2D eigenvalue weighted by atomic mass is 9.81. The van der Waals surface area contributed by atoms with Crippen LogP contribution in [-0.2, 0) is 14.3 Å². The first-order valence-electron chi connectivity index (χ1n) is 7.80. The van der Waals surface area contributed by atoms with E-state index in [1.54, 1.807) is 24.3 Å². The third kappa shape index (κ3) is 2.07. The molecule has 0 spiro atoms. The quantitative estimate of drug-likeness (QED) is 0.390. The minimum atomic E-state index is -0.445. The number of alkyl halides is 2. The molecule has 3 aliphatic rings. The molecular formula is C17H15Br2NO4. The molecule has 1 saturated heterocycles. The topological polar surface area (TPSA) is 63.7 Å². The van der Waals surface area contributed by atoms with Gasteiger partial charge in [-0.3, -0.25) is 14.5 Å². The molecule has 0 aromatic heterocycles. The molecule has 0 N–H and O–H groups in total. The fourth-order valence-electron chi connectivity index (χ4n) is 4.47. The molecular weight excluding hydrogens is 442 g/mol. The van der Waals surface area contributed by atoms with Crippen LogP contribution in [0.4, 0.5) is 5.69 Å². The van der Waals surface area contributed by atoms with Crippen molar-refractivity contribution in [1.29, 1.82) is 0 Å². The number of rotatable bonds is 2. The summed E-state index contributed by atoms with van der Waals surface area (Å²) < 4.78 is 4.67. The summed E-state index contributed by atoms with van der Waals surface area (Å²) in [6.07, 6.45) is 0.910. The third-order valence-electron chi connectivity index (χ3n) is 5.53. The number of hydrogen-bond acceptors (Lipinski definition) is 4. The molecule has 1 aromatic carbocycles. The highest BCUT2D eigenvalue weighted by molar-refractivity contribution is 9.12. The Morgan fingerprint density at radius 1 is 1.04 bits per heavy atom. The first kappa shape index (κ1) is 16.3. The summed E-state index contributed by atoms with van der Waals surface area (Å²) in [4.78, 5) is 39.0. The van der Waals surface area contributed by atoms with Crippen molar-refractivity contribution in [2.24, 2.45) is 23.7 Å². The number of anilines is 1. The van der Waals surface area contributed by atoms with Gasteiger partial charge in [0.15, 0.2) is 0 Å². The van der Waals surface area contributed by atoms with Crippen LogP contribution in [0.3, 0.4) is 0 Å². The van der Waals surface area contributed by atoms with Crippen molar-refractivity contribution in [3.63, 3.8) is 0 Å². The van der Waals surface area contributed by atoms with Crippen LogP contribution in [0.25, 0.3) is 0 Å². The highest BCUT2D eigenvalue weighted by Crippen LogP contribution is 2.60. The molecule has 2 saturated carbocycles. The second kappa shape index (κ2) is 5.66. The van der Waals surface area contributed by atoms with Gasteiger partial charge in [-0.25, -0.2) is 4.79 Å². The standard InChI is InChI=1S/C17H15Br2NO4/c1-24-17(23)7-2-4-8(5-3-7)20-15(21)11-9-6-10(12(11)16(20)22)14(19)13(9)18/h2-5,9-14H,6H2,1H3/t9-,10-,11-,12+,13-,14+/m1/s1. The number of amides is 2. The minimum Gasteiger partial charge on any atom is -0.465 e. The lowest BCUT2D eigenvalue weighted by Crippen LogP contribution is -2.37. The van der Waals surface area contributed by atoms with Crippen LogP contribution in [0.15, 0.2) is 24.3 Å². The van der Waals surface area contributed by atoms with Crippen molar-refractivity contribution >= 4 is 55.3 Å². The fraction of sp³-hybridized carbons (Fsp3) is 0.471. The lowest BCUT2D eigenvalue weighted by Gasteiger charge is -2.28. The maximum absolute atomic E-state index is 12.9. The molecule has 3 fully saturated rings. The van der Waals surface area contributed by atoms with Gasteiger partial charge in [0, 0.05) is 9.65 Å². The predicted octanol–water partition coefficient (Wildman–Crippen LogP) is 2.76. The van der Waals surface area contributed by atoms with Crippen LogP contribution in [-0.4, -0.2) is 34.5 Å². The largest absolute Gasteiger partial charge is 0.465 e. The van der Waals surface area contributed by atoms with E-state index in [2.05, 4.69) is 36.6 Å². The maximum atomic E-state index is 12.9. The van der Waals surface area contributed by atoms with E-state index in [4.69, 9.17) is 0 Å². The van der Waals surface area contributed by atoms with Gasteiger partial charge in [-0.1, -0.05) is 31.9 Å². The van der Waals surface area contributed by atoms with Crippen molar-refractivity contribution in [3.05, 3.63) is 29.8 Å². The summed E-state index contributed by atoms with van der Waals surface area (Å²) in [7, 11) is 1.31. The van der Waals surface area contributed by atoms with E-state index in [9.17, 15) is 14.4 Å². The molecule has 4 rings (SSSR count). The normalized spacial score (nSPS) is 37.0. The van der Waals surface area contributed by atoms with Gasteiger partial charge < -0.3 is 4.74 Å². The number of halogens is 2. The van der Waals surface area contributed by atoms with E-state index in [1.807, 2.05) is 0 Å². The molecule has 0 unspecified atom stereocenters. The van der Waals surface area contributed by atoms with Crippen LogP contribution in [0.2, 0.25) is 0 Å². The Morgan fingerprint density at radius 3 is 2.00 bits per heavy atom. The summed E-state index contributed by atoms with van der Waals surface area (Å²) in [5, 5.41) is 0. The van der Waals surface area contributed by atoms with Crippen molar-refractivity contribution < 1.29 is 19.1 Å². The van der Waals surface area contributed by atoms with Crippen molar-refractivity contribution in [3.8, 4) is 0 Å². The minimum absolute atomic E-state index is 0.118. The first-order chi connectivity index (χ1) is 11.5. The Bertz CT molecular complexity index is 703. The molecule has 1 aromatic rings. The molecule has 2 bridgehead atoms. The molecule has 24 heavy (non-hydrogen) atoms. The SMILES string of the molecule is COC(=O)c1ccc(N2C(=O)[C@@H]3[C@H]4C[C@@H]([C@H](Br)[C@@H]4Br)[C@@H]3C2=O)cc1. The maximum Gasteiger partial charge on any atom is 0.337 e. The number of benzene rings is 1. The Kier molecular flexibility index (Phi) is 3.84. The van der Waals surface area contributed by atoms with Crippen molar-refractivity contribution in [2.75, 3.05) is 12.0 Å². The zero-order chi connectivity index (χ0) is 17.2. The number of nitrogens with zero attached hydrogens (tertiary/aromatic N) is 1. The average Bonchev–Trinajstić information content (AvgIpc) is 3.19. The van der Waals surface area contributed by atoms with Crippen LogP contribution < -0.4 is 4.90 Å². The Balaban J connectivity index is 1.65. The number of fused-ring (bicyclic) bond motifs is 5. The molecule has 1 aliphatic heterocycles. The highest BCUT2D eigenvalue weighted by atomic mass is 79.9. The highest BCUT2D eigenvalue weighted by Gasteiger charge is 2.66. The molecule has 2 amide bonds. The summed E-state index contributed by atoms with van der Waals surface area (Å²) >= 11 is 7.35. The fourth-order valence-corrected chi connectivity index (χ4v) is 6.34. The van der Waals surface area contributed by atoms with E-state index in [0.29, 0.717) is 11.3 Å². The van der Waals surface area contributed by atoms with E-state index < -0.39 is 5.97 Å². The molecule has 7 heteroatoms. The third-order valence-corrected chi connectivity index (χ3v) is 8.74. The number of carbonyl (C=O) groups excluding carboxylic acids is 3. The number of hydrogen-bond donors (Lipinski definition) is 0. The molecule has 2 aliphatic carbocycles. The molecule has 5 nitrogen and oxygen atoms in total. The van der Waals surface area contributed by atoms with Gasteiger partial charge in [0.1, 0.15) is 0 Å². The Morgan fingerprint density at radius 2 is 1.54 bits per heavy atom. The summed E-state index contributed by atoms with van der Waals surface area (Å²) in [5.74, 6) is -0.763. The lowest BCUT2D eigenvalue weighted by molar-refractivity contribution is -0.123. The molecule has 126 valence electrons. The van der Waals surface area contributed by atoms with Crippen LogP contribution >= 0.6 is 31.9 Å². The van der Waals surface area contributed by atoms with Gasteiger partial charge >= 0.3 is 5.97 Å². The molecule has 6 atom stereocenters. The van der Waals surface area contributed by atoms with Gasteiger partial charge in [-0.05, 0) is 42.5 Å². The number of ether oxygens (including phenoxy) is 1. The van der Waals surface area contributed by atoms with Gasteiger partial charge in [0.05, 0.1) is 30.2 Å². The molecule has 1 heterocycles. The Labute approximate surface area is 156 Å². The van der Waals surface area contributed by atoms with E-state index in [1.165, 1.54) is 12.0 Å². The number of methoxy groups -OCH3 is 1. The van der Waals surface area contributed by atoms with Gasteiger partial charge in [0.25, 0.3) is 0 Å². The predicted molar refractivity (Wildman–Crippen MR) is 94.3 cm³/mol. The average molecular weight is 457 g/mol. The van der Waals surface area contributed by atoms with E-state index in [0.717, 1.165) is 6.42 Å². The molecule has 0 radical (unpaired) electrons. The van der Waals surface area contributed by atoms with E-state index >= 15 is 0 Å². The number of esters is 1. The second-order valence-corrected chi connectivity index (χ2v) is 8.67. The van der Waals surface area contributed by atoms with Crippen LogP contribution in [0.1, 0.15) is 16.8 Å². The van der Waals surface area contributed by atoms with Gasteiger partial charge in [-0.2, -0.15) is 0 Å². The van der Waals surface area contributed by atoms with Gasteiger partial charge in [-0.15, -0.1) is 0 Å². The van der Waals surface area contributed by atoms with Gasteiger partial charge in [0.2, 0.25) is 11.8 Å². The zero-order valence-electron chi connectivity index (χ0n) is 12.8. The Hall–Kier alpha value is -1.21. The van der Waals surface area contributed by atoms with Crippen LogP contribution in [0, 0.1) is 23.7 Å². The number of imide groups is 1. The van der Waals surface area contributed by atoms with Crippen molar-refractivity contribution in [1.82, 2.24) is 0 Å². The van der Waals surface area contributed by atoms with E-state index in [-0.39, 0.29) is 45.1 Å². The monoisotopic (exact) mass is 455 g/mol. The summed E-state index contributed by atoms with van der Waals surface area (Å²) in [5.41, 5.74) is 0.908. The summed E-state index contributed by atoms with van der Waals surface area (Å²) in [6, 6.07) is 6.40. The number of carbonyl (C=O) groups is 3. The van der Waals surface area contributed by atoms with Crippen molar-refractivity contribution in [2.45, 2.75) is 16.1 Å². The summed E-state index contributed by atoms with van der Waals surface area (Å²) in [6.45, 7) is 0. The smallest absolute Gasteiger partial charge is 0.337 e. The first-order valence-corrected chi connectivity index (χ1v) is 9.63. The zero-order valence-corrected chi connectivity index (χ0v) is 16.0.